The summed E-state index contributed by atoms with van der Waals surface area (Å²) < 4.78 is 10.6. The Hall–Kier alpha value is -2.60. The lowest BCUT2D eigenvalue weighted by atomic mass is 10.1. The van der Waals surface area contributed by atoms with Gasteiger partial charge in [-0.3, -0.25) is 0 Å². The number of rotatable bonds is 5. The zero-order valence-electron chi connectivity index (χ0n) is 13.3. The Bertz CT molecular complexity index is 666. The van der Waals surface area contributed by atoms with Crippen LogP contribution < -0.4 is 14.8 Å². The van der Waals surface area contributed by atoms with Gasteiger partial charge < -0.3 is 14.8 Å². The minimum atomic E-state index is 0.376. The maximum absolute atomic E-state index is 5.54. The highest BCUT2D eigenvalue weighted by Crippen LogP contribution is 2.17. The summed E-state index contributed by atoms with van der Waals surface area (Å²) in [5.41, 5.74) is 3.62. The van der Waals surface area contributed by atoms with Crippen LogP contribution in [0.4, 0.5) is 5.69 Å². The molecule has 0 amide bonds. The minimum Gasteiger partial charge on any atom is -0.497 e. The number of methoxy groups -OCH3 is 1. The average molecular weight is 295 g/mol. The van der Waals surface area contributed by atoms with Crippen molar-refractivity contribution in [3.63, 3.8) is 0 Å². The van der Waals surface area contributed by atoms with E-state index in [1.54, 1.807) is 7.11 Å². The first-order chi connectivity index (χ1) is 10.7. The molecular formula is C19H21NO2. The van der Waals surface area contributed by atoms with Crippen molar-refractivity contribution in [3.8, 4) is 23.3 Å². The highest BCUT2D eigenvalue weighted by Gasteiger charge is 1.96. The molecule has 114 valence electrons. The van der Waals surface area contributed by atoms with Crippen LogP contribution in [0.25, 0.3) is 0 Å². The molecule has 0 radical (unpaired) electrons. The molecule has 0 saturated carbocycles. The fraction of sp³-hybridized carbons (Fsp3) is 0.263. The van der Waals surface area contributed by atoms with E-state index in [0.717, 1.165) is 17.2 Å². The zero-order valence-corrected chi connectivity index (χ0v) is 13.3. The maximum atomic E-state index is 5.54. The Kier molecular flexibility index (Phi) is 5.73. The van der Waals surface area contributed by atoms with Crippen molar-refractivity contribution in [1.29, 1.82) is 0 Å². The van der Waals surface area contributed by atoms with Crippen molar-refractivity contribution in [2.45, 2.75) is 13.8 Å². The normalized spacial score (nSPS) is 9.59. The van der Waals surface area contributed by atoms with Gasteiger partial charge in [0.25, 0.3) is 0 Å². The number of hydrogen-bond acceptors (Lipinski definition) is 3. The van der Waals surface area contributed by atoms with E-state index in [2.05, 4.69) is 49.2 Å². The summed E-state index contributed by atoms with van der Waals surface area (Å²) in [6.07, 6.45) is 0. The predicted octanol–water partition coefficient (Wildman–Crippen LogP) is 3.81. The molecule has 0 unspecified atom stereocenters. The summed E-state index contributed by atoms with van der Waals surface area (Å²) in [5, 5.41) is 3.31. The maximum Gasteiger partial charge on any atom is 0.149 e. The zero-order chi connectivity index (χ0) is 15.8. The SMILES string of the molecule is COc1ccc(OCC#CCNc2ccc(C)cc2C)cc1. The van der Waals surface area contributed by atoms with Gasteiger partial charge in [-0.05, 0) is 49.7 Å². The molecule has 2 aromatic rings. The molecule has 0 fully saturated rings. The molecule has 0 heterocycles. The Morgan fingerprint density at radius 3 is 2.36 bits per heavy atom. The van der Waals surface area contributed by atoms with Gasteiger partial charge in [0.15, 0.2) is 0 Å². The van der Waals surface area contributed by atoms with Crippen LogP contribution in [0.3, 0.4) is 0 Å². The standard InChI is InChI=1S/C19H21NO2/c1-15-6-11-19(16(2)14-15)20-12-4-5-13-22-18-9-7-17(21-3)8-10-18/h6-11,14,20H,12-13H2,1-3H3. The molecule has 2 rings (SSSR count). The van der Waals surface area contributed by atoms with Crippen LogP contribution in [0.1, 0.15) is 11.1 Å². The third-order valence-electron chi connectivity index (χ3n) is 3.24. The van der Waals surface area contributed by atoms with Gasteiger partial charge in [-0.2, -0.15) is 0 Å². The molecule has 0 aliphatic rings. The van der Waals surface area contributed by atoms with Gasteiger partial charge in [-0.15, -0.1) is 0 Å². The Morgan fingerprint density at radius 2 is 1.68 bits per heavy atom. The molecular weight excluding hydrogens is 274 g/mol. The van der Waals surface area contributed by atoms with Gasteiger partial charge in [-0.25, -0.2) is 0 Å². The van der Waals surface area contributed by atoms with E-state index in [1.165, 1.54) is 11.1 Å². The molecule has 0 atom stereocenters. The molecule has 0 bridgehead atoms. The lowest BCUT2D eigenvalue weighted by Crippen LogP contribution is -2.01. The Labute approximate surface area is 132 Å². The van der Waals surface area contributed by atoms with E-state index in [1.807, 2.05) is 24.3 Å². The average Bonchev–Trinajstić information content (AvgIpc) is 2.53. The Balaban J connectivity index is 1.74. The van der Waals surface area contributed by atoms with Crippen molar-refractivity contribution in [3.05, 3.63) is 53.6 Å². The number of ether oxygens (including phenoxy) is 2. The van der Waals surface area contributed by atoms with Gasteiger partial charge >= 0.3 is 0 Å². The number of hydrogen-bond donors (Lipinski definition) is 1. The van der Waals surface area contributed by atoms with Crippen LogP contribution in [0.5, 0.6) is 11.5 Å². The molecule has 3 nitrogen and oxygen atoms in total. The molecule has 0 aromatic heterocycles. The number of nitrogens with one attached hydrogen (secondary N) is 1. The quantitative estimate of drug-likeness (QED) is 0.851. The third-order valence-corrected chi connectivity index (χ3v) is 3.24. The number of benzene rings is 2. The molecule has 0 aliphatic carbocycles. The lowest BCUT2D eigenvalue weighted by Gasteiger charge is -2.07. The topological polar surface area (TPSA) is 30.5 Å². The second kappa shape index (κ2) is 7.99. The van der Waals surface area contributed by atoms with Crippen molar-refractivity contribution < 1.29 is 9.47 Å². The van der Waals surface area contributed by atoms with Crippen LogP contribution >= 0.6 is 0 Å². The molecule has 2 aromatic carbocycles. The summed E-state index contributed by atoms with van der Waals surface area (Å²) in [6, 6.07) is 13.8. The fourth-order valence-corrected chi connectivity index (χ4v) is 2.06. The molecule has 22 heavy (non-hydrogen) atoms. The first kappa shape index (κ1) is 15.8. The highest BCUT2D eigenvalue weighted by atomic mass is 16.5. The summed E-state index contributed by atoms with van der Waals surface area (Å²) in [6.45, 7) is 5.17. The second-order valence-corrected chi connectivity index (χ2v) is 4.99. The van der Waals surface area contributed by atoms with E-state index in [0.29, 0.717) is 13.2 Å². The van der Waals surface area contributed by atoms with Crippen molar-refractivity contribution in [2.24, 2.45) is 0 Å². The Morgan fingerprint density at radius 1 is 0.955 bits per heavy atom. The minimum absolute atomic E-state index is 0.376. The largest absolute Gasteiger partial charge is 0.497 e. The van der Waals surface area contributed by atoms with Gasteiger partial charge in [0.2, 0.25) is 0 Å². The van der Waals surface area contributed by atoms with Crippen molar-refractivity contribution in [2.75, 3.05) is 25.6 Å². The summed E-state index contributed by atoms with van der Waals surface area (Å²) >= 11 is 0. The second-order valence-electron chi connectivity index (χ2n) is 4.99. The van der Waals surface area contributed by atoms with Crippen LogP contribution in [0, 0.1) is 25.7 Å². The molecule has 0 aliphatic heterocycles. The first-order valence-corrected chi connectivity index (χ1v) is 7.23. The van der Waals surface area contributed by atoms with Crippen LogP contribution in [0.2, 0.25) is 0 Å². The fourth-order valence-electron chi connectivity index (χ4n) is 2.06. The van der Waals surface area contributed by atoms with Crippen molar-refractivity contribution >= 4 is 5.69 Å². The highest BCUT2D eigenvalue weighted by molar-refractivity contribution is 5.52. The smallest absolute Gasteiger partial charge is 0.149 e. The molecule has 0 saturated heterocycles. The summed E-state index contributed by atoms with van der Waals surface area (Å²) in [5.74, 6) is 7.66. The van der Waals surface area contributed by atoms with Gasteiger partial charge in [-0.1, -0.05) is 29.5 Å². The van der Waals surface area contributed by atoms with E-state index in [9.17, 15) is 0 Å². The van der Waals surface area contributed by atoms with Gasteiger partial charge in [0, 0.05) is 5.69 Å². The van der Waals surface area contributed by atoms with E-state index < -0.39 is 0 Å². The summed E-state index contributed by atoms with van der Waals surface area (Å²) in [7, 11) is 1.64. The van der Waals surface area contributed by atoms with Crippen LogP contribution in [0.15, 0.2) is 42.5 Å². The van der Waals surface area contributed by atoms with Crippen LogP contribution in [-0.4, -0.2) is 20.3 Å². The van der Waals surface area contributed by atoms with E-state index >= 15 is 0 Å². The molecule has 1 N–H and O–H groups in total. The van der Waals surface area contributed by atoms with Crippen LogP contribution in [-0.2, 0) is 0 Å². The van der Waals surface area contributed by atoms with Gasteiger partial charge in [0.1, 0.15) is 18.1 Å². The monoisotopic (exact) mass is 295 g/mol. The van der Waals surface area contributed by atoms with Crippen molar-refractivity contribution in [1.82, 2.24) is 0 Å². The lowest BCUT2D eigenvalue weighted by molar-refractivity contribution is 0.368. The third kappa shape index (κ3) is 4.75. The van der Waals surface area contributed by atoms with E-state index in [4.69, 9.17) is 9.47 Å². The molecule has 3 heteroatoms. The summed E-state index contributed by atoms with van der Waals surface area (Å²) in [4.78, 5) is 0. The van der Waals surface area contributed by atoms with E-state index in [-0.39, 0.29) is 0 Å². The number of anilines is 1. The number of aryl methyl sites for hydroxylation is 2. The predicted molar refractivity (Wildman–Crippen MR) is 90.7 cm³/mol. The molecule has 0 spiro atoms. The first-order valence-electron chi connectivity index (χ1n) is 7.23. The van der Waals surface area contributed by atoms with Gasteiger partial charge in [0.05, 0.1) is 13.7 Å².